The molecule has 176 valence electrons. The van der Waals surface area contributed by atoms with Crippen molar-refractivity contribution in [2.24, 2.45) is 0 Å². The van der Waals surface area contributed by atoms with Crippen LogP contribution in [0.5, 0.6) is 0 Å². The molecule has 0 unspecified atom stereocenters. The first-order valence-electron chi connectivity index (χ1n) is 12.0. The predicted octanol–water partition coefficient (Wildman–Crippen LogP) is 4.05. The number of pyridine rings is 1. The van der Waals surface area contributed by atoms with Gasteiger partial charge in [-0.2, -0.15) is 9.59 Å². The Kier molecular flexibility index (Phi) is 8.12. The number of aromatic nitrogens is 3. The fourth-order valence-electron chi connectivity index (χ4n) is 4.84. The number of likely N-dealkylation sites (tertiary alicyclic amines) is 1. The van der Waals surface area contributed by atoms with E-state index in [1.54, 1.807) is 0 Å². The highest BCUT2D eigenvalue weighted by atomic mass is 16.2. The molecule has 3 aromatic rings. The molecule has 0 bridgehead atoms. The third-order valence-corrected chi connectivity index (χ3v) is 6.42. The number of hydrogen-bond donors (Lipinski definition) is 1. The predicted molar refractivity (Wildman–Crippen MR) is 130 cm³/mol. The zero-order valence-electron chi connectivity index (χ0n) is 19.7. The molecule has 1 saturated heterocycles. The fourth-order valence-corrected chi connectivity index (χ4v) is 4.84. The molecule has 7 nitrogen and oxygen atoms in total. The van der Waals surface area contributed by atoms with Crippen LogP contribution in [0, 0.1) is 6.92 Å². The summed E-state index contributed by atoms with van der Waals surface area (Å²) in [5.74, 6) is 1.88. The van der Waals surface area contributed by atoms with Gasteiger partial charge in [-0.3, -0.25) is 4.98 Å². The molecule has 0 radical (unpaired) electrons. The van der Waals surface area contributed by atoms with E-state index in [9.17, 15) is 0 Å². The van der Waals surface area contributed by atoms with E-state index in [1.807, 2.05) is 24.5 Å². The third kappa shape index (κ3) is 5.93. The normalized spacial score (nSPS) is 14.4. The van der Waals surface area contributed by atoms with Gasteiger partial charge in [0.05, 0.1) is 5.69 Å². The second-order valence-corrected chi connectivity index (χ2v) is 8.95. The van der Waals surface area contributed by atoms with Gasteiger partial charge in [-0.25, -0.2) is 9.97 Å². The lowest BCUT2D eigenvalue weighted by Crippen LogP contribution is -2.31. The molecule has 1 N–H and O–H groups in total. The standard InChI is InChI=1S/C26H31N5.CO2/c1-19-6-7-22-21(16-19)18-23-25(22)26(28-10-5-15-31-13-3-2-4-14-31)30-24(29-23)17-20-8-11-27-12-9-20;2-1-3/h6-9,11-12,16H,2-5,10,13-15,17-18H2,1H3,(H,28,29,30);. The van der Waals surface area contributed by atoms with Gasteiger partial charge in [-0.1, -0.05) is 30.2 Å². The van der Waals surface area contributed by atoms with Crippen molar-refractivity contribution in [1.82, 2.24) is 19.9 Å². The number of carbonyl (C=O) groups excluding carboxylic acids is 2. The zero-order valence-corrected chi connectivity index (χ0v) is 19.7. The number of hydrogen-bond acceptors (Lipinski definition) is 7. The number of aryl methyl sites for hydroxylation is 1. The summed E-state index contributed by atoms with van der Waals surface area (Å²) >= 11 is 0. The van der Waals surface area contributed by atoms with Crippen LogP contribution in [0.3, 0.4) is 0 Å². The average Bonchev–Trinajstić information content (AvgIpc) is 3.21. The largest absolute Gasteiger partial charge is 0.373 e. The minimum absolute atomic E-state index is 0.250. The van der Waals surface area contributed by atoms with Crippen LogP contribution in [0.2, 0.25) is 0 Å². The number of piperidine rings is 1. The fraction of sp³-hybridized carbons (Fsp3) is 0.407. The second-order valence-electron chi connectivity index (χ2n) is 8.95. The first-order chi connectivity index (χ1) is 16.7. The van der Waals surface area contributed by atoms with Crippen LogP contribution in [0.1, 0.15) is 53.9 Å². The lowest BCUT2D eigenvalue weighted by atomic mass is 10.0. The summed E-state index contributed by atoms with van der Waals surface area (Å²) < 4.78 is 0. The summed E-state index contributed by atoms with van der Waals surface area (Å²) in [5, 5.41) is 3.68. The van der Waals surface area contributed by atoms with E-state index in [1.165, 1.54) is 66.7 Å². The van der Waals surface area contributed by atoms with Crippen molar-refractivity contribution in [1.29, 1.82) is 0 Å². The molecule has 1 aliphatic carbocycles. The van der Waals surface area contributed by atoms with Crippen molar-refractivity contribution in [3.63, 3.8) is 0 Å². The number of fused-ring (bicyclic) bond motifs is 3. The van der Waals surface area contributed by atoms with Crippen molar-refractivity contribution < 1.29 is 9.59 Å². The first-order valence-corrected chi connectivity index (χ1v) is 12.0. The summed E-state index contributed by atoms with van der Waals surface area (Å²) in [5.41, 5.74) is 7.49. The van der Waals surface area contributed by atoms with E-state index in [4.69, 9.17) is 19.6 Å². The van der Waals surface area contributed by atoms with Gasteiger partial charge < -0.3 is 10.2 Å². The van der Waals surface area contributed by atoms with Crippen LogP contribution >= 0.6 is 0 Å². The third-order valence-electron chi connectivity index (χ3n) is 6.42. The molecule has 3 heterocycles. The summed E-state index contributed by atoms with van der Waals surface area (Å²) in [4.78, 5) is 32.9. The molecule has 7 heteroatoms. The molecular weight excluding hydrogens is 426 g/mol. The van der Waals surface area contributed by atoms with Crippen LogP contribution < -0.4 is 5.32 Å². The highest BCUT2D eigenvalue weighted by Gasteiger charge is 2.25. The second kappa shape index (κ2) is 11.6. The van der Waals surface area contributed by atoms with Crippen LogP contribution in [0.4, 0.5) is 5.82 Å². The molecule has 5 rings (SSSR count). The van der Waals surface area contributed by atoms with Gasteiger partial charge in [-0.05, 0) is 74.6 Å². The summed E-state index contributed by atoms with van der Waals surface area (Å²) in [6, 6.07) is 10.8. The Morgan fingerprint density at radius 1 is 1.03 bits per heavy atom. The Morgan fingerprint density at radius 2 is 1.79 bits per heavy atom. The van der Waals surface area contributed by atoms with Crippen molar-refractivity contribution in [2.75, 3.05) is 31.5 Å². The van der Waals surface area contributed by atoms with Gasteiger partial charge in [-0.15, -0.1) is 0 Å². The molecule has 0 saturated carbocycles. The summed E-state index contributed by atoms with van der Waals surface area (Å²) in [7, 11) is 0. The van der Waals surface area contributed by atoms with E-state index in [-0.39, 0.29) is 6.15 Å². The Morgan fingerprint density at radius 3 is 2.56 bits per heavy atom. The quantitative estimate of drug-likeness (QED) is 0.419. The molecule has 0 amide bonds. The number of anilines is 1. The van der Waals surface area contributed by atoms with Gasteiger partial charge in [0.1, 0.15) is 11.6 Å². The van der Waals surface area contributed by atoms with Crippen LogP contribution in [0.25, 0.3) is 11.1 Å². The molecule has 1 aromatic carbocycles. The van der Waals surface area contributed by atoms with E-state index in [0.29, 0.717) is 0 Å². The molecule has 0 atom stereocenters. The van der Waals surface area contributed by atoms with Gasteiger partial charge in [0, 0.05) is 37.3 Å². The van der Waals surface area contributed by atoms with Crippen LogP contribution in [-0.2, 0) is 22.4 Å². The van der Waals surface area contributed by atoms with Crippen molar-refractivity contribution in [3.8, 4) is 11.1 Å². The molecule has 34 heavy (non-hydrogen) atoms. The maximum Gasteiger partial charge on any atom is 0.373 e. The Bertz CT molecular complexity index is 1140. The summed E-state index contributed by atoms with van der Waals surface area (Å²) in [6.45, 7) is 6.77. The van der Waals surface area contributed by atoms with E-state index < -0.39 is 0 Å². The SMILES string of the molecule is Cc1ccc2c(c1)Cc1nc(Cc3ccncc3)nc(NCCCN3CCCCC3)c1-2.O=C=O. The molecule has 1 aliphatic heterocycles. The van der Waals surface area contributed by atoms with Crippen LogP contribution in [-0.4, -0.2) is 52.2 Å². The Hall–Kier alpha value is -3.41. The number of nitrogens with one attached hydrogen (secondary N) is 1. The van der Waals surface area contributed by atoms with E-state index in [0.717, 1.165) is 43.1 Å². The Balaban J connectivity index is 0.000000868. The molecule has 2 aliphatic rings. The minimum atomic E-state index is 0.250. The van der Waals surface area contributed by atoms with Crippen LogP contribution in [0.15, 0.2) is 42.7 Å². The van der Waals surface area contributed by atoms with Gasteiger partial charge in [0.25, 0.3) is 0 Å². The summed E-state index contributed by atoms with van der Waals surface area (Å²) in [6.07, 6.45) is 10.8. The highest BCUT2D eigenvalue weighted by molar-refractivity contribution is 5.84. The molecular formula is C27H31N5O2. The maximum absolute atomic E-state index is 8.12. The Labute approximate surface area is 200 Å². The topological polar surface area (TPSA) is 88.1 Å². The zero-order chi connectivity index (χ0) is 23.8. The number of rotatable bonds is 7. The highest BCUT2D eigenvalue weighted by Crippen LogP contribution is 2.40. The van der Waals surface area contributed by atoms with Gasteiger partial charge in [0.2, 0.25) is 0 Å². The van der Waals surface area contributed by atoms with E-state index >= 15 is 0 Å². The average molecular weight is 458 g/mol. The van der Waals surface area contributed by atoms with Crippen molar-refractivity contribution in [2.45, 2.75) is 45.4 Å². The molecule has 1 fully saturated rings. The molecule has 2 aromatic heterocycles. The van der Waals surface area contributed by atoms with Gasteiger partial charge in [0.15, 0.2) is 0 Å². The first kappa shape index (κ1) is 23.7. The maximum atomic E-state index is 8.12. The number of benzene rings is 1. The van der Waals surface area contributed by atoms with E-state index in [2.05, 4.69) is 40.3 Å². The van der Waals surface area contributed by atoms with Gasteiger partial charge >= 0.3 is 6.15 Å². The smallest absolute Gasteiger partial charge is 0.369 e. The molecule has 0 spiro atoms. The van der Waals surface area contributed by atoms with Crippen molar-refractivity contribution in [3.05, 3.63) is 70.9 Å². The lowest BCUT2D eigenvalue weighted by Gasteiger charge is -2.26. The minimum Gasteiger partial charge on any atom is -0.369 e. The monoisotopic (exact) mass is 457 g/mol. The lowest BCUT2D eigenvalue weighted by molar-refractivity contribution is -0.191. The van der Waals surface area contributed by atoms with Crippen molar-refractivity contribution >= 4 is 12.0 Å². The number of nitrogens with zero attached hydrogens (tertiary/aromatic N) is 4.